The van der Waals surface area contributed by atoms with Crippen LogP contribution < -0.4 is 10.1 Å². The summed E-state index contributed by atoms with van der Waals surface area (Å²) >= 11 is 0. The van der Waals surface area contributed by atoms with Gasteiger partial charge in [0.2, 0.25) is 0 Å². The molecule has 2 N–H and O–H groups in total. The molecule has 0 fully saturated rings. The number of amides is 1. The van der Waals surface area contributed by atoms with E-state index < -0.39 is 5.97 Å². The third-order valence-corrected chi connectivity index (χ3v) is 4.18. The molecule has 2 aromatic rings. The van der Waals surface area contributed by atoms with Crippen LogP contribution in [-0.2, 0) is 14.3 Å². The van der Waals surface area contributed by atoms with Gasteiger partial charge in [0.05, 0.1) is 13.2 Å². The Bertz CT molecular complexity index is 843. The Morgan fingerprint density at radius 3 is 2.54 bits per heavy atom. The number of phenols is 1. The first-order valence-electron chi connectivity index (χ1n) is 9.00. The molecule has 1 amide bonds. The second kappa shape index (κ2) is 10.2. The van der Waals surface area contributed by atoms with E-state index in [2.05, 4.69) is 5.32 Å². The first kappa shape index (κ1) is 21.0. The Kier molecular flexibility index (Phi) is 7.63. The van der Waals surface area contributed by atoms with Crippen molar-refractivity contribution in [3.63, 3.8) is 0 Å². The summed E-state index contributed by atoms with van der Waals surface area (Å²) in [6.07, 6.45) is 3.46. The maximum Gasteiger partial charge on any atom is 0.331 e. The number of ether oxygens (including phenoxy) is 2. The molecule has 2 aromatic carbocycles. The SMILES string of the molecule is CC[C@H](NC(=O)COC(=O)/C=C/c1ccc(O)c(OC)c1)c1ccc(C)cc1. The molecule has 0 aliphatic carbocycles. The van der Waals surface area contributed by atoms with Gasteiger partial charge in [-0.1, -0.05) is 42.8 Å². The molecule has 6 heteroatoms. The number of benzene rings is 2. The van der Waals surface area contributed by atoms with Gasteiger partial charge in [0.25, 0.3) is 5.91 Å². The van der Waals surface area contributed by atoms with Crippen LogP contribution in [0.2, 0.25) is 0 Å². The van der Waals surface area contributed by atoms with Crippen molar-refractivity contribution in [2.24, 2.45) is 0 Å². The minimum atomic E-state index is -0.634. The van der Waals surface area contributed by atoms with Gasteiger partial charge >= 0.3 is 5.97 Å². The predicted molar refractivity (Wildman–Crippen MR) is 107 cm³/mol. The number of carbonyl (C=O) groups excluding carboxylic acids is 2. The highest BCUT2D eigenvalue weighted by Gasteiger charge is 2.13. The molecule has 0 bridgehead atoms. The van der Waals surface area contributed by atoms with E-state index in [1.807, 2.05) is 38.1 Å². The van der Waals surface area contributed by atoms with Crippen LogP contribution >= 0.6 is 0 Å². The monoisotopic (exact) mass is 383 g/mol. The van der Waals surface area contributed by atoms with Crippen molar-refractivity contribution in [2.45, 2.75) is 26.3 Å². The quantitative estimate of drug-likeness (QED) is 0.538. The summed E-state index contributed by atoms with van der Waals surface area (Å²) in [7, 11) is 1.44. The fraction of sp³-hybridized carbons (Fsp3) is 0.273. The second-order valence-corrected chi connectivity index (χ2v) is 6.31. The highest BCUT2D eigenvalue weighted by atomic mass is 16.5. The molecule has 0 saturated heterocycles. The third-order valence-electron chi connectivity index (χ3n) is 4.18. The molecular weight excluding hydrogens is 358 g/mol. The topological polar surface area (TPSA) is 84.9 Å². The first-order chi connectivity index (χ1) is 13.4. The molecule has 1 atom stereocenters. The van der Waals surface area contributed by atoms with Gasteiger partial charge < -0.3 is 19.9 Å². The van der Waals surface area contributed by atoms with Crippen LogP contribution in [0, 0.1) is 6.92 Å². The van der Waals surface area contributed by atoms with E-state index in [-0.39, 0.29) is 24.3 Å². The molecule has 0 aromatic heterocycles. The molecule has 6 nitrogen and oxygen atoms in total. The lowest BCUT2D eigenvalue weighted by Crippen LogP contribution is -2.32. The van der Waals surface area contributed by atoms with Gasteiger partial charge in [-0.05, 0) is 42.7 Å². The summed E-state index contributed by atoms with van der Waals surface area (Å²) in [5.41, 5.74) is 2.81. The molecular formula is C22H25NO5. The van der Waals surface area contributed by atoms with E-state index in [4.69, 9.17) is 9.47 Å². The minimum absolute atomic E-state index is 0.0120. The maximum absolute atomic E-state index is 12.1. The van der Waals surface area contributed by atoms with E-state index in [0.717, 1.165) is 17.5 Å². The third kappa shape index (κ3) is 6.16. The van der Waals surface area contributed by atoms with Crippen LogP contribution in [0.15, 0.2) is 48.5 Å². The number of nitrogens with one attached hydrogen (secondary N) is 1. The lowest BCUT2D eigenvalue weighted by Gasteiger charge is -2.17. The van der Waals surface area contributed by atoms with E-state index in [1.54, 1.807) is 12.1 Å². The molecule has 0 radical (unpaired) electrons. The number of carbonyl (C=O) groups is 2. The summed E-state index contributed by atoms with van der Waals surface area (Å²) in [5, 5.41) is 12.4. The van der Waals surface area contributed by atoms with Gasteiger partial charge in [0.15, 0.2) is 18.1 Å². The van der Waals surface area contributed by atoms with E-state index in [0.29, 0.717) is 11.3 Å². The van der Waals surface area contributed by atoms with Gasteiger partial charge in [-0.15, -0.1) is 0 Å². The molecule has 0 saturated carbocycles. The van der Waals surface area contributed by atoms with E-state index >= 15 is 0 Å². The number of hydrogen-bond donors (Lipinski definition) is 2. The average Bonchev–Trinajstić information content (AvgIpc) is 2.70. The average molecular weight is 383 g/mol. The molecule has 0 heterocycles. The van der Waals surface area contributed by atoms with Crippen LogP contribution in [-0.4, -0.2) is 30.7 Å². The fourth-order valence-corrected chi connectivity index (χ4v) is 2.60. The summed E-state index contributed by atoms with van der Waals surface area (Å²) in [5.74, 6) is -0.680. The highest BCUT2D eigenvalue weighted by Crippen LogP contribution is 2.26. The summed E-state index contributed by atoms with van der Waals surface area (Å²) < 4.78 is 10.00. The zero-order chi connectivity index (χ0) is 20.5. The van der Waals surface area contributed by atoms with E-state index in [1.165, 1.54) is 25.3 Å². The number of hydrogen-bond acceptors (Lipinski definition) is 5. The van der Waals surface area contributed by atoms with Crippen molar-refractivity contribution in [3.05, 3.63) is 65.2 Å². The van der Waals surface area contributed by atoms with Crippen molar-refractivity contribution in [1.29, 1.82) is 0 Å². The van der Waals surface area contributed by atoms with E-state index in [9.17, 15) is 14.7 Å². The van der Waals surface area contributed by atoms with Crippen LogP contribution in [0.25, 0.3) is 6.08 Å². The molecule has 0 aliphatic rings. The Labute approximate surface area is 164 Å². The lowest BCUT2D eigenvalue weighted by molar-refractivity contribution is -0.144. The van der Waals surface area contributed by atoms with Gasteiger partial charge in [-0.25, -0.2) is 4.79 Å². The summed E-state index contributed by atoms with van der Waals surface area (Å²) in [4.78, 5) is 23.9. The largest absolute Gasteiger partial charge is 0.504 e. The van der Waals surface area contributed by atoms with Crippen molar-refractivity contribution in [2.75, 3.05) is 13.7 Å². The standard InChI is InChI=1S/C22H25NO5/c1-4-18(17-9-5-15(2)6-10-17)23-21(25)14-28-22(26)12-8-16-7-11-19(24)20(13-16)27-3/h5-13,18,24H,4,14H2,1-3H3,(H,23,25)/b12-8+/t18-/m0/s1. The number of aromatic hydroxyl groups is 1. The van der Waals surface area contributed by atoms with Gasteiger partial charge in [-0.3, -0.25) is 4.79 Å². The zero-order valence-electron chi connectivity index (χ0n) is 16.3. The number of phenolic OH excluding ortho intramolecular Hbond substituents is 1. The summed E-state index contributed by atoms with van der Waals surface area (Å²) in [6.45, 7) is 3.63. The lowest BCUT2D eigenvalue weighted by atomic mass is 10.0. The smallest absolute Gasteiger partial charge is 0.331 e. The number of methoxy groups -OCH3 is 1. The molecule has 2 rings (SSSR count). The van der Waals surface area contributed by atoms with Crippen molar-refractivity contribution in [1.82, 2.24) is 5.32 Å². The first-order valence-corrected chi connectivity index (χ1v) is 9.00. The highest BCUT2D eigenvalue weighted by molar-refractivity contribution is 5.89. The zero-order valence-corrected chi connectivity index (χ0v) is 16.3. The van der Waals surface area contributed by atoms with Crippen molar-refractivity contribution >= 4 is 18.0 Å². The molecule has 0 unspecified atom stereocenters. The Morgan fingerprint density at radius 2 is 1.89 bits per heavy atom. The molecule has 0 spiro atoms. The Morgan fingerprint density at radius 1 is 1.18 bits per heavy atom. The van der Waals surface area contributed by atoms with Crippen molar-refractivity contribution in [3.8, 4) is 11.5 Å². The van der Waals surface area contributed by atoms with Gasteiger partial charge in [-0.2, -0.15) is 0 Å². The van der Waals surface area contributed by atoms with Crippen LogP contribution in [0.3, 0.4) is 0 Å². The maximum atomic E-state index is 12.1. The van der Waals surface area contributed by atoms with Gasteiger partial charge in [0, 0.05) is 6.08 Å². The Balaban J connectivity index is 1.86. The normalized spacial score (nSPS) is 11.8. The van der Waals surface area contributed by atoms with Crippen LogP contribution in [0.5, 0.6) is 11.5 Å². The predicted octanol–water partition coefficient (Wildman–Crippen LogP) is 3.53. The number of aryl methyl sites for hydroxylation is 1. The molecule has 0 aliphatic heterocycles. The number of esters is 1. The van der Waals surface area contributed by atoms with Crippen molar-refractivity contribution < 1.29 is 24.2 Å². The molecule has 28 heavy (non-hydrogen) atoms. The Hall–Kier alpha value is -3.28. The second-order valence-electron chi connectivity index (χ2n) is 6.31. The minimum Gasteiger partial charge on any atom is -0.504 e. The number of rotatable bonds is 8. The summed E-state index contributed by atoms with van der Waals surface area (Å²) in [6, 6.07) is 12.5. The molecule has 148 valence electrons. The van der Waals surface area contributed by atoms with Gasteiger partial charge in [0.1, 0.15) is 0 Å². The van der Waals surface area contributed by atoms with Crippen LogP contribution in [0.1, 0.15) is 36.1 Å². The fourth-order valence-electron chi connectivity index (χ4n) is 2.60. The van der Waals surface area contributed by atoms with Crippen LogP contribution in [0.4, 0.5) is 0 Å².